The van der Waals surface area contributed by atoms with E-state index in [0.29, 0.717) is 18.0 Å². The highest BCUT2D eigenvalue weighted by Gasteiger charge is 2.31. The SMILES string of the molecule is Fc1ccc(OCCC[NH+]2CCN(c3cccc(C(F)(F)F)c3)CC2)cc1. The Hall–Kier alpha value is -2.28. The third-order valence-corrected chi connectivity index (χ3v) is 4.77. The quantitative estimate of drug-likeness (QED) is 0.610. The molecule has 1 fully saturated rings. The Bertz CT molecular complexity index is 726. The number of anilines is 1. The minimum absolute atomic E-state index is 0.287. The lowest BCUT2D eigenvalue weighted by molar-refractivity contribution is -0.900. The van der Waals surface area contributed by atoms with Crippen LogP contribution in [0.4, 0.5) is 23.2 Å². The van der Waals surface area contributed by atoms with E-state index in [-0.39, 0.29) is 5.82 Å². The Morgan fingerprint density at radius 2 is 1.70 bits per heavy atom. The van der Waals surface area contributed by atoms with Gasteiger partial charge in [0.1, 0.15) is 11.6 Å². The van der Waals surface area contributed by atoms with Crippen molar-refractivity contribution in [1.82, 2.24) is 0 Å². The number of halogens is 4. The molecule has 0 aliphatic carbocycles. The second-order valence-electron chi connectivity index (χ2n) is 6.69. The van der Waals surface area contributed by atoms with Crippen molar-refractivity contribution in [2.24, 2.45) is 0 Å². The number of hydrogen-bond acceptors (Lipinski definition) is 2. The summed E-state index contributed by atoms with van der Waals surface area (Å²) in [6.07, 6.45) is -3.44. The molecule has 146 valence electrons. The van der Waals surface area contributed by atoms with Gasteiger partial charge in [-0.25, -0.2) is 4.39 Å². The average molecular weight is 383 g/mol. The highest BCUT2D eigenvalue weighted by molar-refractivity contribution is 5.49. The Kier molecular flexibility index (Phi) is 6.21. The largest absolute Gasteiger partial charge is 0.493 e. The van der Waals surface area contributed by atoms with E-state index in [1.807, 2.05) is 4.90 Å². The van der Waals surface area contributed by atoms with Crippen LogP contribution in [0.25, 0.3) is 0 Å². The first kappa shape index (κ1) is 19.5. The molecular weight excluding hydrogens is 360 g/mol. The van der Waals surface area contributed by atoms with Gasteiger partial charge in [-0.2, -0.15) is 13.2 Å². The number of piperazine rings is 1. The van der Waals surface area contributed by atoms with Crippen LogP contribution in [-0.4, -0.2) is 39.3 Å². The third-order valence-electron chi connectivity index (χ3n) is 4.77. The summed E-state index contributed by atoms with van der Waals surface area (Å²) in [5.41, 5.74) is 0.0243. The Labute approximate surface area is 156 Å². The molecular formula is C20H23F4N2O+. The number of rotatable bonds is 6. The molecule has 0 bridgehead atoms. The molecule has 0 spiro atoms. The molecule has 1 saturated heterocycles. The van der Waals surface area contributed by atoms with Crippen LogP contribution in [0.15, 0.2) is 48.5 Å². The van der Waals surface area contributed by atoms with Gasteiger partial charge in [-0.3, -0.25) is 0 Å². The fourth-order valence-corrected chi connectivity index (χ4v) is 3.25. The maximum atomic E-state index is 12.9. The topological polar surface area (TPSA) is 16.9 Å². The number of nitrogens with zero attached hydrogens (tertiary/aromatic N) is 1. The fourth-order valence-electron chi connectivity index (χ4n) is 3.25. The second-order valence-corrected chi connectivity index (χ2v) is 6.69. The zero-order valence-electron chi connectivity index (χ0n) is 14.9. The van der Waals surface area contributed by atoms with Gasteiger partial charge in [0.15, 0.2) is 0 Å². The van der Waals surface area contributed by atoms with E-state index in [1.165, 1.54) is 29.2 Å². The van der Waals surface area contributed by atoms with Gasteiger partial charge in [-0.15, -0.1) is 0 Å². The van der Waals surface area contributed by atoms with Crippen LogP contribution < -0.4 is 14.5 Å². The Morgan fingerprint density at radius 3 is 2.37 bits per heavy atom. The summed E-state index contributed by atoms with van der Waals surface area (Å²) < 4.78 is 57.0. The van der Waals surface area contributed by atoms with Crippen molar-refractivity contribution < 1.29 is 27.2 Å². The van der Waals surface area contributed by atoms with Crippen molar-refractivity contribution in [1.29, 1.82) is 0 Å². The lowest BCUT2D eigenvalue weighted by Crippen LogP contribution is -3.14. The maximum Gasteiger partial charge on any atom is 0.416 e. The lowest BCUT2D eigenvalue weighted by Gasteiger charge is -2.34. The molecule has 27 heavy (non-hydrogen) atoms. The lowest BCUT2D eigenvalue weighted by atomic mass is 10.1. The van der Waals surface area contributed by atoms with E-state index in [2.05, 4.69) is 0 Å². The normalized spacial score (nSPS) is 15.8. The van der Waals surface area contributed by atoms with Crippen molar-refractivity contribution in [3.8, 4) is 5.75 Å². The van der Waals surface area contributed by atoms with Crippen molar-refractivity contribution in [2.45, 2.75) is 12.6 Å². The Balaban J connectivity index is 1.41. The fraction of sp³-hybridized carbons (Fsp3) is 0.400. The van der Waals surface area contributed by atoms with Gasteiger partial charge in [0.25, 0.3) is 0 Å². The summed E-state index contributed by atoms with van der Waals surface area (Å²) in [6.45, 7) is 4.73. The number of ether oxygens (including phenoxy) is 1. The molecule has 2 aromatic rings. The summed E-state index contributed by atoms with van der Waals surface area (Å²) in [5, 5.41) is 0. The van der Waals surface area contributed by atoms with Gasteiger partial charge in [-0.1, -0.05) is 6.07 Å². The van der Waals surface area contributed by atoms with Gasteiger partial charge < -0.3 is 14.5 Å². The first-order valence-corrected chi connectivity index (χ1v) is 9.06. The molecule has 0 amide bonds. The van der Waals surface area contributed by atoms with E-state index in [9.17, 15) is 17.6 Å². The van der Waals surface area contributed by atoms with Crippen LogP contribution in [0, 0.1) is 5.82 Å². The zero-order valence-corrected chi connectivity index (χ0v) is 14.9. The first-order valence-electron chi connectivity index (χ1n) is 9.06. The van der Waals surface area contributed by atoms with Crippen molar-refractivity contribution in [3.05, 3.63) is 59.9 Å². The van der Waals surface area contributed by atoms with E-state index in [1.54, 1.807) is 18.2 Å². The molecule has 1 N–H and O–H groups in total. The Morgan fingerprint density at radius 1 is 1.00 bits per heavy atom. The number of nitrogens with one attached hydrogen (secondary N) is 1. The molecule has 1 aliphatic rings. The molecule has 3 nitrogen and oxygen atoms in total. The molecule has 0 unspecified atom stereocenters. The molecule has 3 rings (SSSR count). The molecule has 0 radical (unpaired) electrons. The summed E-state index contributed by atoms with van der Waals surface area (Å²) in [6, 6.07) is 11.5. The summed E-state index contributed by atoms with van der Waals surface area (Å²) in [4.78, 5) is 3.43. The molecule has 0 aromatic heterocycles. The minimum Gasteiger partial charge on any atom is -0.493 e. The highest BCUT2D eigenvalue weighted by atomic mass is 19.4. The second kappa shape index (κ2) is 8.61. The monoisotopic (exact) mass is 383 g/mol. The number of hydrogen-bond donors (Lipinski definition) is 1. The summed E-state index contributed by atoms with van der Waals surface area (Å²) >= 11 is 0. The van der Waals surface area contributed by atoms with E-state index >= 15 is 0 Å². The predicted molar refractivity (Wildman–Crippen MR) is 95.7 cm³/mol. The molecule has 2 aromatic carbocycles. The summed E-state index contributed by atoms with van der Waals surface area (Å²) in [5.74, 6) is 0.367. The number of benzene rings is 2. The molecule has 1 aliphatic heterocycles. The zero-order chi connectivity index (χ0) is 19.3. The predicted octanol–water partition coefficient (Wildman–Crippen LogP) is 3.02. The molecule has 1 heterocycles. The van der Waals surface area contributed by atoms with E-state index in [0.717, 1.165) is 45.2 Å². The van der Waals surface area contributed by atoms with Crippen molar-refractivity contribution in [2.75, 3.05) is 44.2 Å². The van der Waals surface area contributed by atoms with Crippen molar-refractivity contribution in [3.63, 3.8) is 0 Å². The van der Waals surface area contributed by atoms with Gasteiger partial charge in [0, 0.05) is 12.1 Å². The standard InChI is InChI=1S/C20H22F4N2O/c21-17-5-7-19(8-6-17)27-14-2-9-25-10-12-26(13-11-25)18-4-1-3-16(15-18)20(22,23)24/h1,3-8,15H,2,9-14H2/p+1. The third kappa shape index (κ3) is 5.60. The smallest absolute Gasteiger partial charge is 0.416 e. The summed E-state index contributed by atoms with van der Waals surface area (Å²) in [7, 11) is 0. The first-order chi connectivity index (χ1) is 12.9. The van der Waals surface area contributed by atoms with E-state index in [4.69, 9.17) is 4.74 Å². The van der Waals surface area contributed by atoms with Crippen LogP contribution in [0.5, 0.6) is 5.75 Å². The molecule has 7 heteroatoms. The van der Waals surface area contributed by atoms with Gasteiger partial charge in [0.2, 0.25) is 0 Å². The van der Waals surface area contributed by atoms with Gasteiger partial charge >= 0.3 is 6.18 Å². The van der Waals surface area contributed by atoms with Crippen LogP contribution >= 0.6 is 0 Å². The van der Waals surface area contributed by atoms with Crippen LogP contribution in [0.1, 0.15) is 12.0 Å². The number of quaternary nitrogens is 1. The van der Waals surface area contributed by atoms with Crippen LogP contribution in [0.2, 0.25) is 0 Å². The molecule has 0 saturated carbocycles. The average Bonchev–Trinajstić information content (AvgIpc) is 2.67. The van der Waals surface area contributed by atoms with Gasteiger partial charge in [-0.05, 0) is 42.5 Å². The minimum atomic E-state index is -4.31. The van der Waals surface area contributed by atoms with Crippen LogP contribution in [-0.2, 0) is 6.18 Å². The highest BCUT2D eigenvalue weighted by Crippen LogP contribution is 2.31. The maximum absolute atomic E-state index is 12.9. The van der Waals surface area contributed by atoms with E-state index < -0.39 is 11.7 Å². The number of alkyl halides is 3. The van der Waals surface area contributed by atoms with Crippen LogP contribution in [0.3, 0.4) is 0 Å². The molecule has 0 atom stereocenters. The van der Waals surface area contributed by atoms with Gasteiger partial charge in [0.05, 0.1) is 44.9 Å². The van der Waals surface area contributed by atoms with Crippen molar-refractivity contribution >= 4 is 5.69 Å².